The molecule has 2 aromatic carbocycles. The van der Waals surface area contributed by atoms with E-state index in [1.807, 2.05) is 60.7 Å². The summed E-state index contributed by atoms with van der Waals surface area (Å²) in [6.45, 7) is 0.829. The van der Waals surface area contributed by atoms with Crippen LogP contribution in [0.4, 0.5) is 4.79 Å². The molecule has 0 bridgehead atoms. The molecule has 1 saturated heterocycles. The first-order valence-corrected chi connectivity index (χ1v) is 10.7. The molecular weight excluding hydrogens is 466 g/mol. The Balaban J connectivity index is 1.69. The van der Waals surface area contributed by atoms with Gasteiger partial charge in [0.1, 0.15) is 6.61 Å². The highest BCUT2D eigenvalue weighted by molar-refractivity contribution is 9.10. The van der Waals surface area contributed by atoms with Gasteiger partial charge in [-0.1, -0.05) is 76.6 Å². The molecule has 0 radical (unpaired) electrons. The fraction of sp³-hybridized carbons (Fsp3) is 0.348. The summed E-state index contributed by atoms with van der Waals surface area (Å²) < 4.78 is 13.8. The lowest BCUT2D eigenvalue weighted by Gasteiger charge is -2.26. The summed E-state index contributed by atoms with van der Waals surface area (Å²) in [5.41, 5.74) is 1.83. The number of nitrogens with zero attached hydrogens (tertiary/aromatic N) is 1. The van der Waals surface area contributed by atoms with Crippen molar-refractivity contribution >= 4 is 34.0 Å². The number of benzene rings is 2. The van der Waals surface area contributed by atoms with Crippen LogP contribution in [0.15, 0.2) is 60.7 Å². The summed E-state index contributed by atoms with van der Waals surface area (Å²) in [6, 6.07) is 18.9. The van der Waals surface area contributed by atoms with Crippen molar-refractivity contribution in [3.8, 4) is 0 Å². The lowest BCUT2D eigenvalue weighted by atomic mass is 9.92. The van der Waals surface area contributed by atoms with Gasteiger partial charge in [0.25, 0.3) is 0 Å². The number of cyclic esters (lactones) is 1. The molecule has 0 N–H and O–H groups in total. The number of ether oxygens (including phenoxy) is 3. The third-order valence-electron chi connectivity index (χ3n) is 5.18. The fourth-order valence-corrected chi connectivity index (χ4v) is 4.04. The molecule has 3 rings (SSSR count). The maximum atomic E-state index is 12.8. The highest BCUT2D eigenvalue weighted by Crippen LogP contribution is 2.38. The van der Waals surface area contributed by atoms with E-state index in [0.717, 1.165) is 11.1 Å². The number of hydrogen-bond acceptors (Lipinski definition) is 6. The molecule has 31 heavy (non-hydrogen) atoms. The van der Waals surface area contributed by atoms with Gasteiger partial charge in [-0.2, -0.15) is 0 Å². The van der Waals surface area contributed by atoms with E-state index in [1.54, 1.807) is 4.90 Å². The Bertz CT molecular complexity index is 907. The second kappa shape index (κ2) is 10.4. The summed E-state index contributed by atoms with van der Waals surface area (Å²) in [4.78, 5) is 38.8. The van der Waals surface area contributed by atoms with E-state index in [2.05, 4.69) is 15.9 Å². The monoisotopic (exact) mass is 489 g/mol. The minimum Gasteiger partial charge on any atom is -0.468 e. The molecule has 8 heteroatoms. The third kappa shape index (κ3) is 5.44. The third-order valence-corrected chi connectivity index (χ3v) is 6.48. The smallest absolute Gasteiger partial charge is 0.410 e. The van der Waals surface area contributed by atoms with E-state index in [-0.39, 0.29) is 19.8 Å². The van der Waals surface area contributed by atoms with Crippen LogP contribution < -0.4 is 0 Å². The molecule has 0 spiro atoms. The average Bonchev–Trinajstić information content (AvgIpc) is 3.10. The molecule has 2 atom stereocenters. The number of alkyl halides is 1. The molecule has 7 nitrogen and oxygen atoms in total. The van der Waals surface area contributed by atoms with Crippen molar-refractivity contribution in [1.29, 1.82) is 0 Å². The molecule has 1 amide bonds. The molecule has 0 aliphatic carbocycles. The largest absolute Gasteiger partial charge is 0.468 e. The highest BCUT2D eigenvalue weighted by atomic mass is 79.9. The van der Waals surface area contributed by atoms with Crippen molar-refractivity contribution in [1.82, 2.24) is 4.90 Å². The van der Waals surface area contributed by atoms with Gasteiger partial charge in [0.2, 0.25) is 4.32 Å². The molecule has 0 aromatic heterocycles. The molecule has 164 valence electrons. The second-order valence-corrected chi connectivity index (χ2v) is 8.49. The maximum absolute atomic E-state index is 12.8. The Morgan fingerprint density at radius 3 is 2.32 bits per heavy atom. The molecule has 2 aromatic rings. The van der Waals surface area contributed by atoms with Crippen LogP contribution in [0.1, 0.15) is 17.5 Å². The molecule has 1 aliphatic heterocycles. The lowest BCUT2D eigenvalue weighted by molar-refractivity contribution is -0.151. The normalized spacial score (nSPS) is 20.1. The Kier molecular flexibility index (Phi) is 7.68. The van der Waals surface area contributed by atoms with E-state index in [0.29, 0.717) is 13.0 Å². The Morgan fingerprint density at radius 2 is 1.71 bits per heavy atom. The van der Waals surface area contributed by atoms with Gasteiger partial charge in [-0.15, -0.1) is 0 Å². The van der Waals surface area contributed by atoms with Gasteiger partial charge in [0, 0.05) is 19.0 Å². The van der Waals surface area contributed by atoms with Gasteiger partial charge in [-0.05, 0) is 17.5 Å². The number of carbonyl (C=O) groups is 3. The lowest BCUT2D eigenvalue weighted by Crippen LogP contribution is -2.45. The number of methoxy groups -OCH3 is 1. The summed E-state index contributed by atoms with van der Waals surface area (Å²) in [5, 5.41) is 0. The molecule has 0 saturated carbocycles. The van der Waals surface area contributed by atoms with Crippen molar-refractivity contribution in [2.45, 2.75) is 23.9 Å². The van der Waals surface area contributed by atoms with Crippen LogP contribution in [-0.2, 0) is 37.0 Å². The van der Waals surface area contributed by atoms with Gasteiger partial charge in [-0.3, -0.25) is 0 Å². The number of hydrogen-bond donors (Lipinski definition) is 0. The van der Waals surface area contributed by atoms with Crippen molar-refractivity contribution in [3.63, 3.8) is 0 Å². The van der Waals surface area contributed by atoms with Crippen LogP contribution in [0, 0.1) is 5.92 Å². The minimum atomic E-state index is -1.56. The van der Waals surface area contributed by atoms with Crippen LogP contribution in [0.3, 0.4) is 0 Å². The zero-order valence-corrected chi connectivity index (χ0v) is 18.7. The van der Waals surface area contributed by atoms with Gasteiger partial charge < -0.3 is 19.1 Å². The van der Waals surface area contributed by atoms with Crippen LogP contribution in [-0.4, -0.2) is 47.5 Å². The zero-order chi connectivity index (χ0) is 22.3. The van der Waals surface area contributed by atoms with Crippen LogP contribution in [0.2, 0.25) is 0 Å². The summed E-state index contributed by atoms with van der Waals surface area (Å²) >= 11 is 3.23. The van der Waals surface area contributed by atoms with E-state index in [9.17, 15) is 14.4 Å². The van der Waals surface area contributed by atoms with Crippen LogP contribution >= 0.6 is 15.9 Å². The molecule has 1 aliphatic rings. The quantitative estimate of drug-likeness (QED) is 0.243. The SMILES string of the molecule is COC(=O)C1(Br)C(=O)OC[C@H]1CCN(Cc1ccccc1)C(=O)OCc1ccccc1. The molecule has 1 heterocycles. The topological polar surface area (TPSA) is 82.1 Å². The highest BCUT2D eigenvalue weighted by Gasteiger charge is 2.57. The molecule has 1 fully saturated rings. The Labute approximate surface area is 189 Å². The van der Waals surface area contributed by atoms with E-state index < -0.39 is 28.3 Å². The predicted octanol–water partition coefficient (Wildman–Crippen LogP) is 3.70. The Hall–Kier alpha value is -2.87. The van der Waals surface area contributed by atoms with Gasteiger partial charge in [0.05, 0.1) is 13.7 Å². The first-order valence-electron chi connectivity index (χ1n) is 9.89. The minimum absolute atomic E-state index is 0.0669. The Morgan fingerprint density at radius 1 is 1.10 bits per heavy atom. The fourth-order valence-electron chi connectivity index (χ4n) is 3.40. The van der Waals surface area contributed by atoms with Gasteiger partial charge >= 0.3 is 18.0 Å². The zero-order valence-electron chi connectivity index (χ0n) is 17.2. The number of halogens is 1. The average molecular weight is 490 g/mol. The molecule has 1 unspecified atom stereocenters. The number of esters is 2. The maximum Gasteiger partial charge on any atom is 0.410 e. The summed E-state index contributed by atoms with van der Waals surface area (Å²) in [5.74, 6) is -1.86. The van der Waals surface area contributed by atoms with Crippen molar-refractivity contribution in [3.05, 3.63) is 71.8 Å². The van der Waals surface area contributed by atoms with Gasteiger partial charge in [-0.25, -0.2) is 14.4 Å². The summed E-state index contributed by atoms with van der Waals surface area (Å²) in [7, 11) is 1.22. The molecular formula is C23H24BrNO6. The van der Waals surface area contributed by atoms with E-state index in [4.69, 9.17) is 14.2 Å². The first-order chi connectivity index (χ1) is 14.9. The van der Waals surface area contributed by atoms with Crippen molar-refractivity contribution in [2.24, 2.45) is 5.92 Å². The second-order valence-electron chi connectivity index (χ2n) is 7.23. The first kappa shape index (κ1) is 22.8. The van der Waals surface area contributed by atoms with Crippen molar-refractivity contribution < 1.29 is 28.6 Å². The van der Waals surface area contributed by atoms with Crippen LogP contribution in [0.5, 0.6) is 0 Å². The van der Waals surface area contributed by atoms with E-state index in [1.165, 1.54) is 7.11 Å². The number of carbonyl (C=O) groups excluding carboxylic acids is 3. The number of amides is 1. The van der Waals surface area contributed by atoms with Crippen LogP contribution in [0.25, 0.3) is 0 Å². The predicted molar refractivity (Wildman–Crippen MR) is 116 cm³/mol. The van der Waals surface area contributed by atoms with Crippen molar-refractivity contribution in [2.75, 3.05) is 20.3 Å². The summed E-state index contributed by atoms with van der Waals surface area (Å²) in [6.07, 6.45) is -0.129. The number of rotatable bonds is 8. The van der Waals surface area contributed by atoms with E-state index >= 15 is 0 Å². The van der Waals surface area contributed by atoms with Gasteiger partial charge in [0.15, 0.2) is 0 Å². The standard InChI is InChI=1S/C23H24BrNO6/c1-29-20(26)23(24)19(16-30-21(23)27)12-13-25(14-17-8-4-2-5-9-17)22(28)31-15-18-10-6-3-7-11-18/h2-11,19H,12-16H2,1H3/t19-,23?/m1/s1.